The average Bonchev–Trinajstić information content (AvgIpc) is 3.16. The van der Waals surface area contributed by atoms with E-state index >= 15 is 0 Å². The number of hydrogen-bond acceptors (Lipinski definition) is 7. The second-order valence-corrected chi connectivity index (χ2v) is 7.60. The van der Waals surface area contributed by atoms with Crippen LogP contribution in [0.25, 0.3) is 10.2 Å². The largest absolute Gasteiger partial charge is 0.495 e. The van der Waals surface area contributed by atoms with Crippen molar-refractivity contribution in [2.24, 2.45) is 0 Å². The van der Waals surface area contributed by atoms with Gasteiger partial charge in [0.15, 0.2) is 0 Å². The molecule has 2 aromatic heterocycles. The Morgan fingerprint density at radius 3 is 2.75 bits per heavy atom. The molecule has 1 fully saturated rings. The van der Waals surface area contributed by atoms with E-state index in [2.05, 4.69) is 20.2 Å². The van der Waals surface area contributed by atoms with E-state index in [0.29, 0.717) is 42.6 Å². The molecule has 3 aromatic rings. The molecule has 146 valence electrons. The van der Waals surface area contributed by atoms with Gasteiger partial charge >= 0.3 is 6.03 Å². The van der Waals surface area contributed by atoms with Crippen LogP contribution >= 0.6 is 22.9 Å². The summed E-state index contributed by atoms with van der Waals surface area (Å²) in [4.78, 5) is 26.0. The first-order chi connectivity index (χ1) is 13.5. The highest BCUT2D eigenvalue weighted by Crippen LogP contribution is 2.30. The van der Waals surface area contributed by atoms with Crippen LogP contribution in [0.4, 0.5) is 22.2 Å². The molecular weight excluding hydrogens is 400 g/mol. The Balaban J connectivity index is 1.41. The van der Waals surface area contributed by atoms with Crippen LogP contribution in [0.1, 0.15) is 0 Å². The molecule has 0 unspecified atom stereocenters. The van der Waals surface area contributed by atoms with E-state index in [1.807, 2.05) is 11.4 Å². The van der Waals surface area contributed by atoms with Crippen molar-refractivity contribution in [2.75, 3.05) is 49.2 Å². The number of nitrogens with one attached hydrogen (secondary N) is 1. The Labute approximate surface area is 170 Å². The molecule has 0 spiro atoms. The van der Waals surface area contributed by atoms with Gasteiger partial charge in [0.1, 0.15) is 16.4 Å². The van der Waals surface area contributed by atoms with E-state index in [0.717, 1.165) is 16.0 Å². The van der Waals surface area contributed by atoms with E-state index < -0.39 is 0 Å². The number of nitrogen functional groups attached to an aromatic ring is 1. The third kappa shape index (κ3) is 3.63. The molecule has 1 saturated heterocycles. The molecule has 3 N–H and O–H groups in total. The summed E-state index contributed by atoms with van der Waals surface area (Å²) in [6.07, 6.45) is 0. The molecular formula is C18H19ClN6O2S. The van der Waals surface area contributed by atoms with Crippen LogP contribution in [0, 0.1) is 0 Å². The minimum atomic E-state index is -0.163. The summed E-state index contributed by atoms with van der Waals surface area (Å²) in [5.74, 6) is 1.66. The Morgan fingerprint density at radius 1 is 1.25 bits per heavy atom. The molecule has 28 heavy (non-hydrogen) atoms. The Bertz CT molecular complexity index is 1020. The summed E-state index contributed by atoms with van der Waals surface area (Å²) in [6, 6.07) is 6.99. The smallest absolute Gasteiger partial charge is 0.321 e. The minimum absolute atomic E-state index is 0.163. The molecule has 4 rings (SSSR count). The highest BCUT2D eigenvalue weighted by molar-refractivity contribution is 7.16. The molecule has 10 heteroatoms. The van der Waals surface area contributed by atoms with Gasteiger partial charge in [-0.25, -0.2) is 9.78 Å². The number of fused-ring (bicyclic) bond motifs is 1. The number of hydrogen-bond donors (Lipinski definition) is 2. The van der Waals surface area contributed by atoms with Crippen LogP contribution in [-0.2, 0) is 0 Å². The quantitative estimate of drug-likeness (QED) is 0.677. The zero-order valence-corrected chi connectivity index (χ0v) is 16.8. The number of anilines is 3. The van der Waals surface area contributed by atoms with Gasteiger partial charge in [-0.2, -0.15) is 4.98 Å². The van der Waals surface area contributed by atoms with Gasteiger partial charge in [0.05, 0.1) is 17.5 Å². The van der Waals surface area contributed by atoms with E-state index in [4.69, 9.17) is 22.1 Å². The lowest BCUT2D eigenvalue weighted by molar-refractivity contribution is 0.208. The number of halogens is 1. The fourth-order valence-electron chi connectivity index (χ4n) is 3.16. The number of carbonyl (C=O) groups excluding carboxylic acids is 1. The number of carbonyl (C=O) groups is 1. The van der Waals surface area contributed by atoms with Gasteiger partial charge in [-0.15, -0.1) is 11.3 Å². The predicted octanol–water partition coefficient (Wildman–Crippen LogP) is 3.29. The van der Waals surface area contributed by atoms with Crippen LogP contribution in [0.15, 0.2) is 29.6 Å². The number of methoxy groups -OCH3 is 1. The molecule has 0 bridgehead atoms. The van der Waals surface area contributed by atoms with Crippen LogP contribution < -0.4 is 20.7 Å². The van der Waals surface area contributed by atoms with Gasteiger partial charge in [-0.3, -0.25) is 0 Å². The van der Waals surface area contributed by atoms with E-state index in [1.54, 1.807) is 30.2 Å². The fourth-order valence-corrected chi connectivity index (χ4v) is 4.19. The van der Waals surface area contributed by atoms with Crippen molar-refractivity contribution in [1.29, 1.82) is 0 Å². The third-order valence-electron chi connectivity index (χ3n) is 4.59. The number of amides is 2. The first-order valence-electron chi connectivity index (χ1n) is 8.70. The van der Waals surface area contributed by atoms with Gasteiger partial charge in [-0.1, -0.05) is 11.6 Å². The van der Waals surface area contributed by atoms with E-state index in [-0.39, 0.29) is 12.0 Å². The molecule has 2 amide bonds. The number of rotatable bonds is 3. The number of aromatic nitrogens is 2. The number of urea groups is 1. The Kier molecular flexibility index (Phi) is 5.10. The lowest BCUT2D eigenvalue weighted by Gasteiger charge is -2.35. The Morgan fingerprint density at radius 2 is 2.04 bits per heavy atom. The topological polar surface area (TPSA) is 96.6 Å². The monoisotopic (exact) mass is 418 g/mol. The summed E-state index contributed by atoms with van der Waals surface area (Å²) >= 11 is 7.66. The summed E-state index contributed by atoms with van der Waals surface area (Å²) < 4.78 is 5.13. The van der Waals surface area contributed by atoms with Crippen molar-refractivity contribution in [3.8, 4) is 5.75 Å². The van der Waals surface area contributed by atoms with Crippen molar-refractivity contribution < 1.29 is 9.53 Å². The van der Waals surface area contributed by atoms with Crippen LogP contribution in [0.3, 0.4) is 0 Å². The van der Waals surface area contributed by atoms with Crippen molar-refractivity contribution in [3.63, 3.8) is 0 Å². The second kappa shape index (κ2) is 7.69. The highest BCUT2D eigenvalue weighted by Gasteiger charge is 2.24. The number of thiophene rings is 1. The second-order valence-electron chi connectivity index (χ2n) is 6.30. The normalized spacial score (nSPS) is 14.4. The van der Waals surface area contributed by atoms with Crippen LogP contribution in [0.2, 0.25) is 5.02 Å². The molecule has 3 heterocycles. The van der Waals surface area contributed by atoms with Crippen molar-refractivity contribution in [2.45, 2.75) is 0 Å². The number of ether oxygens (including phenoxy) is 1. The zero-order chi connectivity index (χ0) is 19.7. The SMILES string of the molecule is COc1ccc(NC(=O)N2CCN(c3nc(N)nc4sccc34)CC2)cc1Cl. The molecule has 1 aliphatic rings. The van der Waals surface area contributed by atoms with Gasteiger partial charge in [0, 0.05) is 31.9 Å². The van der Waals surface area contributed by atoms with Gasteiger partial charge < -0.3 is 25.6 Å². The summed E-state index contributed by atoms with van der Waals surface area (Å²) in [5, 5.41) is 6.30. The average molecular weight is 419 g/mol. The first-order valence-corrected chi connectivity index (χ1v) is 9.96. The number of benzene rings is 1. The maximum atomic E-state index is 12.6. The third-order valence-corrected chi connectivity index (χ3v) is 5.69. The molecule has 1 aliphatic heterocycles. The van der Waals surface area contributed by atoms with Crippen LogP contribution in [-0.4, -0.2) is 54.2 Å². The van der Waals surface area contributed by atoms with Crippen molar-refractivity contribution in [3.05, 3.63) is 34.7 Å². The van der Waals surface area contributed by atoms with E-state index in [1.165, 1.54) is 11.3 Å². The summed E-state index contributed by atoms with van der Waals surface area (Å²) in [6.45, 7) is 2.48. The van der Waals surface area contributed by atoms with Crippen LogP contribution in [0.5, 0.6) is 5.75 Å². The van der Waals surface area contributed by atoms with Gasteiger partial charge in [0.2, 0.25) is 5.95 Å². The molecule has 0 saturated carbocycles. The maximum absolute atomic E-state index is 12.6. The maximum Gasteiger partial charge on any atom is 0.321 e. The lowest BCUT2D eigenvalue weighted by atomic mass is 10.2. The predicted molar refractivity (Wildman–Crippen MR) is 113 cm³/mol. The standard InChI is InChI=1S/C18H19ClN6O2S/c1-27-14-3-2-11(10-13(14)19)21-18(26)25-7-5-24(6-8-25)15-12-4-9-28-16(12)23-17(20)22-15/h2-4,9-10H,5-8H2,1H3,(H,21,26)(H2,20,22,23). The number of nitrogens with zero attached hydrogens (tertiary/aromatic N) is 4. The molecule has 0 radical (unpaired) electrons. The Hall–Kier alpha value is -2.78. The molecule has 1 aromatic carbocycles. The fraction of sp³-hybridized carbons (Fsp3) is 0.278. The molecule has 0 atom stereocenters. The number of nitrogens with two attached hydrogens (primary N) is 1. The van der Waals surface area contributed by atoms with Gasteiger partial charge in [-0.05, 0) is 29.6 Å². The van der Waals surface area contributed by atoms with Crippen molar-refractivity contribution in [1.82, 2.24) is 14.9 Å². The van der Waals surface area contributed by atoms with Gasteiger partial charge in [0.25, 0.3) is 0 Å². The summed E-state index contributed by atoms with van der Waals surface area (Å²) in [7, 11) is 1.55. The molecule has 8 nitrogen and oxygen atoms in total. The number of piperazine rings is 1. The minimum Gasteiger partial charge on any atom is -0.495 e. The zero-order valence-electron chi connectivity index (χ0n) is 15.2. The van der Waals surface area contributed by atoms with E-state index in [9.17, 15) is 4.79 Å². The first kappa shape index (κ1) is 18.6. The summed E-state index contributed by atoms with van der Waals surface area (Å²) in [5.41, 5.74) is 6.48. The van der Waals surface area contributed by atoms with Crippen molar-refractivity contribution >= 4 is 56.6 Å². The molecule has 0 aliphatic carbocycles. The highest BCUT2D eigenvalue weighted by atomic mass is 35.5. The lowest BCUT2D eigenvalue weighted by Crippen LogP contribution is -2.50.